The van der Waals surface area contributed by atoms with Gasteiger partial charge in [0.05, 0.1) is 19.1 Å². The highest BCUT2D eigenvalue weighted by atomic mass is 79.9. The Bertz CT molecular complexity index is 644. The van der Waals surface area contributed by atoms with Crippen molar-refractivity contribution in [1.82, 2.24) is 0 Å². The van der Waals surface area contributed by atoms with Gasteiger partial charge in [0, 0.05) is 16.0 Å². The quantitative estimate of drug-likeness (QED) is 0.685. The molecule has 2 aromatic rings. The fourth-order valence-electron chi connectivity index (χ4n) is 2.81. The van der Waals surface area contributed by atoms with Crippen LogP contribution in [0.25, 0.3) is 0 Å². The average molecular weight is 368 g/mol. The maximum atomic E-state index is 6.81. The fourth-order valence-corrected chi connectivity index (χ4v) is 3.62. The summed E-state index contributed by atoms with van der Waals surface area (Å²) in [6.45, 7) is 0.696. The average Bonchev–Trinajstić information content (AvgIpc) is 2.53. The van der Waals surface area contributed by atoms with Gasteiger partial charge in [-0.25, -0.2) is 0 Å². The van der Waals surface area contributed by atoms with Gasteiger partial charge in [0.1, 0.15) is 11.5 Å². The maximum absolute atomic E-state index is 6.81. The second kappa shape index (κ2) is 6.29. The molecule has 0 fully saturated rings. The molecular formula is C17H16BrClO2. The van der Waals surface area contributed by atoms with E-state index in [1.165, 1.54) is 5.56 Å². The van der Waals surface area contributed by atoms with E-state index in [2.05, 4.69) is 22.0 Å². The van der Waals surface area contributed by atoms with E-state index in [0.29, 0.717) is 6.61 Å². The molecule has 110 valence electrons. The molecule has 2 atom stereocenters. The van der Waals surface area contributed by atoms with E-state index in [9.17, 15) is 0 Å². The fraction of sp³-hybridized carbons (Fsp3) is 0.294. The van der Waals surface area contributed by atoms with Gasteiger partial charge in [0.2, 0.25) is 0 Å². The smallest absolute Gasteiger partial charge is 0.123 e. The molecule has 1 aliphatic heterocycles. The van der Waals surface area contributed by atoms with E-state index in [-0.39, 0.29) is 11.3 Å². The Morgan fingerprint density at radius 3 is 2.90 bits per heavy atom. The highest BCUT2D eigenvalue weighted by Gasteiger charge is 2.30. The number of fused-ring (bicyclic) bond motifs is 1. The number of ether oxygens (including phenoxy) is 2. The first-order chi connectivity index (χ1) is 10.2. The number of benzene rings is 2. The highest BCUT2D eigenvalue weighted by molar-refractivity contribution is 9.10. The summed E-state index contributed by atoms with van der Waals surface area (Å²) in [5.41, 5.74) is 2.18. The van der Waals surface area contributed by atoms with E-state index >= 15 is 0 Å². The third-order valence-electron chi connectivity index (χ3n) is 3.85. The van der Waals surface area contributed by atoms with Gasteiger partial charge in [-0.2, -0.15) is 0 Å². The SMILES string of the molecule is COc1ccc(Br)cc1C(Cl)C1CCOc2ccccc21. The molecule has 2 unspecified atom stereocenters. The van der Waals surface area contributed by atoms with Gasteiger partial charge in [0.25, 0.3) is 0 Å². The number of rotatable bonds is 3. The van der Waals surface area contributed by atoms with Crippen LogP contribution in [0, 0.1) is 0 Å². The van der Waals surface area contributed by atoms with Crippen molar-refractivity contribution in [3.05, 3.63) is 58.1 Å². The van der Waals surface area contributed by atoms with E-state index < -0.39 is 0 Å². The Balaban J connectivity index is 2.00. The van der Waals surface area contributed by atoms with Crippen LogP contribution < -0.4 is 9.47 Å². The summed E-state index contributed by atoms with van der Waals surface area (Å²) >= 11 is 10.3. The third kappa shape index (κ3) is 2.90. The summed E-state index contributed by atoms with van der Waals surface area (Å²) in [5, 5.41) is -0.150. The van der Waals surface area contributed by atoms with Gasteiger partial charge in [-0.3, -0.25) is 0 Å². The topological polar surface area (TPSA) is 18.5 Å². The number of para-hydroxylation sites is 1. The number of methoxy groups -OCH3 is 1. The van der Waals surface area contributed by atoms with Crippen molar-refractivity contribution < 1.29 is 9.47 Å². The molecule has 0 saturated heterocycles. The van der Waals surface area contributed by atoms with E-state index in [0.717, 1.165) is 28.0 Å². The summed E-state index contributed by atoms with van der Waals surface area (Å²) in [6.07, 6.45) is 0.904. The first-order valence-corrected chi connectivity index (χ1v) is 8.13. The first-order valence-electron chi connectivity index (χ1n) is 6.90. The lowest BCUT2D eigenvalue weighted by atomic mass is 9.87. The van der Waals surface area contributed by atoms with Crippen LogP contribution in [0.3, 0.4) is 0 Å². The molecule has 4 heteroatoms. The minimum atomic E-state index is -0.150. The molecule has 0 bridgehead atoms. The number of hydrogen-bond donors (Lipinski definition) is 0. The number of alkyl halides is 1. The van der Waals surface area contributed by atoms with Crippen molar-refractivity contribution in [2.24, 2.45) is 0 Å². The van der Waals surface area contributed by atoms with Gasteiger partial charge < -0.3 is 9.47 Å². The van der Waals surface area contributed by atoms with Crippen LogP contribution in [-0.2, 0) is 0 Å². The Labute approximate surface area is 138 Å². The standard InChI is InChI=1S/C17H16BrClO2/c1-20-15-7-6-11(18)10-14(15)17(19)13-8-9-21-16-5-3-2-4-12(13)16/h2-7,10,13,17H,8-9H2,1H3. The second-order valence-electron chi connectivity index (χ2n) is 5.07. The maximum Gasteiger partial charge on any atom is 0.123 e. The van der Waals surface area contributed by atoms with Gasteiger partial charge in [-0.15, -0.1) is 11.6 Å². The Hall–Kier alpha value is -1.19. The second-order valence-corrected chi connectivity index (χ2v) is 6.46. The minimum Gasteiger partial charge on any atom is -0.496 e. The molecule has 0 aromatic heterocycles. The van der Waals surface area contributed by atoms with E-state index in [1.54, 1.807) is 7.11 Å². The zero-order valence-electron chi connectivity index (χ0n) is 11.7. The summed E-state index contributed by atoms with van der Waals surface area (Å²) in [4.78, 5) is 0. The Morgan fingerprint density at radius 2 is 2.10 bits per heavy atom. The monoisotopic (exact) mass is 366 g/mol. The molecule has 2 nitrogen and oxygen atoms in total. The van der Waals surface area contributed by atoms with Gasteiger partial charge in [-0.1, -0.05) is 34.1 Å². The molecule has 0 aliphatic carbocycles. The van der Waals surface area contributed by atoms with Crippen molar-refractivity contribution in [3.63, 3.8) is 0 Å². The largest absolute Gasteiger partial charge is 0.496 e. The van der Waals surface area contributed by atoms with Crippen LogP contribution in [0.15, 0.2) is 46.9 Å². The molecule has 0 spiro atoms. The lowest BCUT2D eigenvalue weighted by Crippen LogP contribution is -2.18. The third-order valence-corrected chi connectivity index (χ3v) is 4.88. The van der Waals surface area contributed by atoms with Gasteiger partial charge in [-0.05, 0) is 36.2 Å². The molecule has 2 aromatic carbocycles. The molecule has 0 amide bonds. The van der Waals surface area contributed by atoms with Crippen molar-refractivity contribution in [1.29, 1.82) is 0 Å². The molecular weight excluding hydrogens is 352 g/mol. The molecule has 1 aliphatic rings. The first kappa shape index (κ1) is 14.7. The van der Waals surface area contributed by atoms with Crippen LogP contribution in [0.1, 0.15) is 28.8 Å². The zero-order valence-corrected chi connectivity index (χ0v) is 14.0. The highest BCUT2D eigenvalue weighted by Crippen LogP contribution is 2.47. The van der Waals surface area contributed by atoms with Crippen molar-refractivity contribution >= 4 is 27.5 Å². The van der Waals surface area contributed by atoms with Gasteiger partial charge in [0.15, 0.2) is 0 Å². The molecule has 0 radical (unpaired) electrons. The van der Waals surface area contributed by atoms with Crippen LogP contribution in [0.2, 0.25) is 0 Å². The summed E-state index contributed by atoms with van der Waals surface area (Å²) in [7, 11) is 1.67. The number of hydrogen-bond acceptors (Lipinski definition) is 2. The van der Waals surface area contributed by atoms with E-state index in [1.807, 2.05) is 36.4 Å². The molecule has 1 heterocycles. The van der Waals surface area contributed by atoms with Gasteiger partial charge >= 0.3 is 0 Å². The normalized spacial score (nSPS) is 18.5. The summed E-state index contributed by atoms with van der Waals surface area (Å²) in [5.74, 6) is 1.98. The van der Waals surface area contributed by atoms with Crippen molar-refractivity contribution in [2.45, 2.75) is 17.7 Å². The predicted molar refractivity (Wildman–Crippen MR) is 88.6 cm³/mol. The van der Waals surface area contributed by atoms with E-state index in [4.69, 9.17) is 21.1 Å². The minimum absolute atomic E-state index is 0.150. The Morgan fingerprint density at radius 1 is 1.29 bits per heavy atom. The van der Waals surface area contributed by atoms with Crippen molar-refractivity contribution in [3.8, 4) is 11.5 Å². The lowest BCUT2D eigenvalue weighted by Gasteiger charge is -2.30. The summed E-state index contributed by atoms with van der Waals surface area (Å²) < 4.78 is 12.2. The van der Waals surface area contributed by atoms with Crippen LogP contribution >= 0.6 is 27.5 Å². The van der Waals surface area contributed by atoms with Crippen molar-refractivity contribution in [2.75, 3.05) is 13.7 Å². The molecule has 0 N–H and O–H groups in total. The lowest BCUT2D eigenvalue weighted by molar-refractivity contribution is 0.264. The molecule has 0 saturated carbocycles. The zero-order chi connectivity index (χ0) is 14.8. The van der Waals surface area contributed by atoms with Crippen LogP contribution in [-0.4, -0.2) is 13.7 Å². The number of halogens is 2. The Kier molecular flexibility index (Phi) is 4.41. The molecule has 21 heavy (non-hydrogen) atoms. The summed E-state index contributed by atoms with van der Waals surface area (Å²) in [6, 6.07) is 14.1. The molecule has 3 rings (SSSR count). The van der Waals surface area contributed by atoms with Crippen LogP contribution in [0.4, 0.5) is 0 Å². The van der Waals surface area contributed by atoms with Crippen LogP contribution in [0.5, 0.6) is 11.5 Å². The predicted octanol–water partition coefficient (Wildman–Crippen LogP) is 5.30.